The van der Waals surface area contributed by atoms with E-state index in [0.29, 0.717) is 13.0 Å². The molecule has 0 radical (unpaired) electrons. The SMILES string of the molecule is CC(=O)Nc1ccn([C@@]2(CO)C[C@@H](CO[Si](c3ccccc3)(c3ccccc3)C(C)(C)C)N(C)O2)c(=O)n1. The molecule has 2 aromatic carbocycles. The van der Waals surface area contributed by atoms with Gasteiger partial charge in [0.1, 0.15) is 5.82 Å². The van der Waals surface area contributed by atoms with Crippen LogP contribution in [0, 0.1) is 0 Å². The Kier molecular flexibility index (Phi) is 8.00. The third kappa shape index (κ3) is 5.23. The summed E-state index contributed by atoms with van der Waals surface area (Å²) in [7, 11) is -1.00. The Labute approximate surface area is 224 Å². The number of anilines is 1. The number of hydrogen-bond acceptors (Lipinski definition) is 7. The molecule has 1 aliphatic heterocycles. The van der Waals surface area contributed by atoms with Crippen LogP contribution < -0.4 is 21.4 Å². The van der Waals surface area contributed by atoms with E-state index in [2.05, 4.69) is 55.3 Å². The first-order valence-electron chi connectivity index (χ1n) is 12.7. The summed E-state index contributed by atoms with van der Waals surface area (Å²) >= 11 is 0. The summed E-state index contributed by atoms with van der Waals surface area (Å²) in [4.78, 5) is 34.3. The molecule has 38 heavy (non-hydrogen) atoms. The third-order valence-electron chi connectivity index (χ3n) is 7.09. The van der Waals surface area contributed by atoms with Crippen LogP contribution in [0.2, 0.25) is 5.04 Å². The molecule has 3 aromatic rings. The lowest BCUT2D eigenvalue weighted by Gasteiger charge is -2.43. The molecule has 10 heteroatoms. The van der Waals surface area contributed by atoms with Crippen molar-refractivity contribution >= 4 is 30.4 Å². The second-order valence-corrected chi connectivity index (χ2v) is 15.0. The summed E-state index contributed by atoms with van der Waals surface area (Å²) in [5.74, 6) is -0.186. The van der Waals surface area contributed by atoms with Crippen molar-refractivity contribution in [3.05, 3.63) is 83.4 Å². The van der Waals surface area contributed by atoms with Crippen LogP contribution in [-0.2, 0) is 19.8 Å². The number of nitrogens with zero attached hydrogens (tertiary/aromatic N) is 3. The average molecular weight is 537 g/mol. The highest BCUT2D eigenvalue weighted by molar-refractivity contribution is 6.99. The molecule has 0 saturated carbocycles. The molecule has 0 unspecified atom stereocenters. The Balaban J connectivity index is 1.67. The van der Waals surface area contributed by atoms with E-state index in [9.17, 15) is 14.7 Å². The van der Waals surface area contributed by atoms with Crippen LogP contribution in [0.5, 0.6) is 0 Å². The number of aliphatic hydroxyl groups excluding tert-OH is 1. The van der Waals surface area contributed by atoms with Crippen LogP contribution in [0.3, 0.4) is 0 Å². The van der Waals surface area contributed by atoms with Gasteiger partial charge in [0.05, 0.1) is 19.3 Å². The second kappa shape index (κ2) is 10.9. The predicted molar refractivity (Wildman–Crippen MR) is 149 cm³/mol. The topological polar surface area (TPSA) is 106 Å². The highest BCUT2D eigenvalue weighted by Gasteiger charge is 2.52. The number of likely N-dealkylation sites (N-methyl/N-ethyl adjacent to an activating group) is 1. The van der Waals surface area contributed by atoms with Crippen molar-refractivity contribution in [1.82, 2.24) is 14.6 Å². The van der Waals surface area contributed by atoms with Crippen molar-refractivity contribution in [3.63, 3.8) is 0 Å². The van der Waals surface area contributed by atoms with Gasteiger partial charge in [-0.25, -0.2) is 4.79 Å². The van der Waals surface area contributed by atoms with E-state index >= 15 is 0 Å². The first-order valence-corrected chi connectivity index (χ1v) is 14.6. The van der Waals surface area contributed by atoms with Crippen molar-refractivity contribution in [2.45, 2.75) is 50.9 Å². The van der Waals surface area contributed by atoms with Gasteiger partial charge < -0.3 is 14.8 Å². The van der Waals surface area contributed by atoms with Crippen LogP contribution in [0.25, 0.3) is 0 Å². The van der Waals surface area contributed by atoms with Gasteiger partial charge in [-0.3, -0.25) is 14.2 Å². The van der Waals surface area contributed by atoms with E-state index in [1.165, 1.54) is 34.1 Å². The van der Waals surface area contributed by atoms with Crippen LogP contribution in [0.1, 0.15) is 34.1 Å². The number of aliphatic hydroxyl groups is 1. The average Bonchev–Trinajstić information content (AvgIpc) is 3.21. The van der Waals surface area contributed by atoms with Crippen LogP contribution in [0.15, 0.2) is 77.7 Å². The summed E-state index contributed by atoms with van der Waals surface area (Å²) in [6.07, 6.45) is 1.79. The zero-order chi connectivity index (χ0) is 27.6. The van der Waals surface area contributed by atoms with Crippen LogP contribution in [-0.4, -0.2) is 60.2 Å². The third-order valence-corrected chi connectivity index (χ3v) is 12.1. The Bertz CT molecular complexity index is 1270. The summed E-state index contributed by atoms with van der Waals surface area (Å²) in [5.41, 5.74) is -1.97. The largest absolute Gasteiger partial charge is 0.406 e. The first kappa shape index (κ1) is 27.9. The molecule has 1 saturated heterocycles. The molecule has 0 bridgehead atoms. The van der Waals surface area contributed by atoms with Crippen molar-refractivity contribution in [2.75, 3.05) is 25.6 Å². The maximum absolute atomic E-state index is 12.9. The number of carbonyl (C=O) groups excluding carboxylic acids is 1. The minimum atomic E-state index is -2.78. The molecule has 9 nitrogen and oxygen atoms in total. The molecular weight excluding hydrogens is 500 g/mol. The summed E-state index contributed by atoms with van der Waals surface area (Å²) in [6, 6.07) is 22.0. The lowest BCUT2D eigenvalue weighted by Crippen LogP contribution is -2.67. The Morgan fingerprint density at radius 2 is 1.71 bits per heavy atom. The molecule has 1 fully saturated rings. The zero-order valence-electron chi connectivity index (χ0n) is 22.5. The Morgan fingerprint density at radius 1 is 1.13 bits per heavy atom. The summed E-state index contributed by atoms with van der Waals surface area (Å²) in [6.45, 7) is 7.88. The molecule has 202 valence electrons. The van der Waals surface area contributed by atoms with Gasteiger partial charge in [-0.2, -0.15) is 10.0 Å². The van der Waals surface area contributed by atoms with E-state index in [0.717, 1.165) is 0 Å². The van der Waals surface area contributed by atoms with Crippen LogP contribution in [0.4, 0.5) is 5.82 Å². The number of benzene rings is 2. The zero-order valence-corrected chi connectivity index (χ0v) is 23.5. The van der Waals surface area contributed by atoms with Crippen molar-refractivity contribution in [1.29, 1.82) is 0 Å². The van der Waals surface area contributed by atoms with E-state index < -0.39 is 26.3 Å². The highest BCUT2D eigenvalue weighted by Crippen LogP contribution is 2.39. The van der Waals surface area contributed by atoms with Gasteiger partial charge in [0.15, 0.2) is 5.72 Å². The normalized spacial score (nSPS) is 20.4. The fourth-order valence-electron chi connectivity index (χ4n) is 5.30. The number of carbonyl (C=O) groups is 1. The van der Waals surface area contributed by atoms with Gasteiger partial charge in [-0.1, -0.05) is 81.4 Å². The number of amides is 1. The molecule has 1 amide bonds. The lowest BCUT2D eigenvalue weighted by molar-refractivity contribution is -0.239. The number of hydroxylamine groups is 2. The fourth-order valence-corrected chi connectivity index (χ4v) is 9.90. The smallest absolute Gasteiger partial charge is 0.351 e. The van der Waals surface area contributed by atoms with Gasteiger partial charge in [-0.05, 0) is 21.5 Å². The molecular formula is C28H36N4O5Si. The van der Waals surface area contributed by atoms with Crippen molar-refractivity contribution in [2.24, 2.45) is 0 Å². The molecule has 1 aliphatic rings. The number of nitrogens with one attached hydrogen (secondary N) is 1. The minimum absolute atomic E-state index is 0.143. The van der Waals surface area contributed by atoms with Crippen molar-refractivity contribution < 1.29 is 19.2 Å². The van der Waals surface area contributed by atoms with E-state index in [1.54, 1.807) is 12.1 Å². The fraction of sp³-hybridized carbons (Fsp3) is 0.393. The van der Waals surface area contributed by atoms with Crippen LogP contribution >= 0.6 is 0 Å². The predicted octanol–water partition coefficient (Wildman–Crippen LogP) is 2.06. The van der Waals surface area contributed by atoms with Gasteiger partial charge >= 0.3 is 5.69 Å². The standard InChI is InChI=1S/C28H36N4O5Si/c1-21(34)29-25-16-17-32(26(35)30-25)28(20-33)18-22(31(5)37-28)19-36-38(27(2,3)4,23-12-8-6-9-13-23)24-14-10-7-11-15-24/h6-17,22,33H,18-20H2,1-5H3,(H,29,30,34,35)/t22-,28-/m0/s1. The molecule has 0 aliphatic carbocycles. The van der Waals surface area contributed by atoms with Gasteiger partial charge in [0.2, 0.25) is 5.91 Å². The molecule has 2 N–H and O–H groups in total. The number of aromatic nitrogens is 2. The minimum Gasteiger partial charge on any atom is -0.406 e. The van der Waals surface area contributed by atoms with E-state index in [-0.39, 0.29) is 22.8 Å². The molecule has 4 rings (SSSR count). The first-order chi connectivity index (χ1) is 18.0. The highest BCUT2D eigenvalue weighted by atomic mass is 28.4. The number of rotatable bonds is 8. The summed E-state index contributed by atoms with van der Waals surface area (Å²) < 4.78 is 8.35. The monoisotopic (exact) mass is 536 g/mol. The molecule has 2 heterocycles. The van der Waals surface area contributed by atoms with E-state index in [1.807, 2.05) is 36.4 Å². The number of hydrogen-bond donors (Lipinski definition) is 2. The quantitative estimate of drug-likeness (QED) is 0.425. The lowest BCUT2D eigenvalue weighted by atomic mass is 10.1. The van der Waals surface area contributed by atoms with Gasteiger partial charge in [-0.15, -0.1) is 0 Å². The van der Waals surface area contributed by atoms with Gasteiger partial charge in [0.25, 0.3) is 8.32 Å². The molecule has 1 aromatic heterocycles. The Morgan fingerprint density at radius 3 is 2.18 bits per heavy atom. The second-order valence-electron chi connectivity index (χ2n) is 10.7. The Hall–Kier alpha value is -3.15. The molecule has 2 atom stereocenters. The van der Waals surface area contributed by atoms with Gasteiger partial charge in [0, 0.05) is 26.6 Å². The maximum Gasteiger partial charge on any atom is 0.351 e. The van der Waals surface area contributed by atoms with E-state index in [4.69, 9.17) is 9.26 Å². The van der Waals surface area contributed by atoms with Crippen molar-refractivity contribution in [3.8, 4) is 0 Å². The molecule has 0 spiro atoms. The summed E-state index contributed by atoms with van der Waals surface area (Å²) in [5, 5.41) is 16.7. The maximum atomic E-state index is 12.9.